The van der Waals surface area contributed by atoms with Gasteiger partial charge in [0.2, 0.25) is 17.7 Å². The number of amides is 3. The number of nitrogens with one attached hydrogen (secondary N) is 2. The first-order chi connectivity index (χ1) is 17.7. The summed E-state index contributed by atoms with van der Waals surface area (Å²) in [5.74, 6) is -1.73. The van der Waals surface area contributed by atoms with E-state index in [2.05, 4.69) is 31.4 Å². The molecule has 9 heteroatoms. The van der Waals surface area contributed by atoms with Gasteiger partial charge in [-0.3, -0.25) is 14.4 Å². The van der Waals surface area contributed by atoms with Crippen molar-refractivity contribution >= 4 is 23.4 Å². The normalized spacial score (nSPS) is 29.3. The summed E-state index contributed by atoms with van der Waals surface area (Å²) in [5, 5.41) is 16.1. The number of rotatable bonds is 9. The van der Waals surface area contributed by atoms with Crippen LogP contribution in [0.25, 0.3) is 0 Å². The molecule has 3 amide bonds. The van der Waals surface area contributed by atoms with Crippen LogP contribution in [0.2, 0.25) is 0 Å². The minimum Gasteiger partial charge on any atom is -0.494 e. The minimum absolute atomic E-state index is 0.0203. The summed E-state index contributed by atoms with van der Waals surface area (Å²) in [6, 6.07) is 5.57. The Labute approximate surface area is 225 Å². The number of hydrogen-bond acceptors (Lipinski definition) is 6. The molecule has 0 saturated carbocycles. The lowest BCUT2D eigenvalue weighted by molar-refractivity contribution is -0.145. The molecule has 1 aromatic carbocycles. The molecule has 3 aliphatic rings. The van der Waals surface area contributed by atoms with E-state index in [-0.39, 0.29) is 29.7 Å². The summed E-state index contributed by atoms with van der Waals surface area (Å²) in [5.41, 5.74) is -1.05. The van der Waals surface area contributed by atoms with Crippen molar-refractivity contribution in [2.75, 3.05) is 18.5 Å². The summed E-state index contributed by atoms with van der Waals surface area (Å²) in [7, 11) is 0. The number of ether oxygens (including phenoxy) is 2. The number of aliphatic hydroxyl groups is 1. The summed E-state index contributed by atoms with van der Waals surface area (Å²) in [6.45, 7) is 14.2. The largest absolute Gasteiger partial charge is 0.494 e. The number of nitrogens with zero attached hydrogens (tertiary/aromatic N) is 1. The van der Waals surface area contributed by atoms with Gasteiger partial charge in [-0.15, -0.1) is 0 Å². The number of fused-ring (bicyclic) bond motifs is 1. The highest BCUT2D eigenvalue weighted by atomic mass is 16.5. The molecular formula is C29H43N3O6. The predicted molar refractivity (Wildman–Crippen MR) is 144 cm³/mol. The monoisotopic (exact) mass is 529 g/mol. The average Bonchev–Trinajstić information content (AvgIpc) is 3.45. The molecule has 2 bridgehead atoms. The molecular weight excluding hydrogens is 486 g/mol. The van der Waals surface area contributed by atoms with E-state index in [0.29, 0.717) is 30.9 Å². The van der Waals surface area contributed by atoms with Gasteiger partial charge >= 0.3 is 0 Å². The van der Waals surface area contributed by atoms with Crippen molar-refractivity contribution in [3.63, 3.8) is 0 Å². The Morgan fingerprint density at radius 3 is 2.42 bits per heavy atom. The van der Waals surface area contributed by atoms with Gasteiger partial charge in [-0.05, 0) is 76.6 Å². The number of benzene rings is 1. The predicted octanol–water partition coefficient (Wildman–Crippen LogP) is 3.11. The molecule has 4 rings (SSSR count). The summed E-state index contributed by atoms with van der Waals surface area (Å²) < 4.78 is 11.9. The number of hydrogen-bond donors (Lipinski definition) is 3. The fourth-order valence-corrected chi connectivity index (χ4v) is 7.05. The van der Waals surface area contributed by atoms with Crippen molar-refractivity contribution in [2.45, 2.75) is 97.1 Å². The Hall–Kier alpha value is -2.65. The lowest BCUT2D eigenvalue weighted by Gasteiger charge is -2.39. The Kier molecular flexibility index (Phi) is 7.58. The lowest BCUT2D eigenvalue weighted by atomic mass is 9.70. The van der Waals surface area contributed by atoms with E-state index in [0.717, 1.165) is 6.42 Å². The van der Waals surface area contributed by atoms with Crippen molar-refractivity contribution in [1.29, 1.82) is 0 Å². The van der Waals surface area contributed by atoms with Gasteiger partial charge in [-0.25, -0.2) is 0 Å². The third-order valence-corrected chi connectivity index (χ3v) is 7.89. The molecule has 2 unspecified atom stereocenters. The first-order valence-electron chi connectivity index (χ1n) is 13.7. The Balaban J connectivity index is 1.62. The molecule has 38 heavy (non-hydrogen) atoms. The van der Waals surface area contributed by atoms with Crippen LogP contribution in [0.15, 0.2) is 24.3 Å². The molecule has 3 aliphatic heterocycles. The Bertz CT molecular complexity index is 1070. The zero-order valence-corrected chi connectivity index (χ0v) is 23.7. The van der Waals surface area contributed by atoms with Gasteiger partial charge in [0.1, 0.15) is 17.4 Å². The zero-order valence-electron chi connectivity index (χ0n) is 23.7. The first kappa shape index (κ1) is 28.4. The fourth-order valence-electron chi connectivity index (χ4n) is 7.05. The van der Waals surface area contributed by atoms with Crippen LogP contribution in [-0.2, 0) is 19.1 Å². The summed E-state index contributed by atoms with van der Waals surface area (Å²) >= 11 is 0. The van der Waals surface area contributed by atoms with Crippen molar-refractivity contribution in [3.05, 3.63) is 24.3 Å². The van der Waals surface area contributed by atoms with Crippen molar-refractivity contribution in [3.8, 4) is 5.75 Å². The van der Waals surface area contributed by atoms with E-state index in [1.165, 1.54) is 4.90 Å². The van der Waals surface area contributed by atoms with E-state index in [4.69, 9.17) is 9.47 Å². The van der Waals surface area contributed by atoms with Gasteiger partial charge < -0.3 is 30.1 Å². The van der Waals surface area contributed by atoms with Gasteiger partial charge in [0.15, 0.2) is 0 Å². The van der Waals surface area contributed by atoms with E-state index >= 15 is 0 Å². The van der Waals surface area contributed by atoms with Crippen LogP contribution < -0.4 is 15.4 Å². The molecule has 6 atom stereocenters. The topological polar surface area (TPSA) is 117 Å². The van der Waals surface area contributed by atoms with Gasteiger partial charge in [0, 0.05) is 11.2 Å². The molecule has 1 aromatic rings. The summed E-state index contributed by atoms with van der Waals surface area (Å²) in [4.78, 5) is 42.9. The number of carbonyl (C=O) groups excluding carboxylic acids is 3. The Morgan fingerprint density at radius 2 is 1.84 bits per heavy atom. The standard InChI is InChI=1S/C29H43N3O6/c1-8-37-19-11-9-18(10-12-19)30-24(34)21-20-13-14-29(38-20)22(21)26(36)32(17(2)15-33)23(29)25(35)31-28(6,7)16-27(3,4)5/h9-12,17,20-23,33H,8,13-16H2,1-7H3,(H,30,34)(H,31,35)/t17-,20-,21+,22+,23?,29?/m1/s1. The number of likely N-dealkylation sites (tertiary alicyclic amines) is 1. The molecule has 3 saturated heterocycles. The Morgan fingerprint density at radius 1 is 1.18 bits per heavy atom. The van der Waals surface area contributed by atoms with Crippen LogP contribution in [0.1, 0.15) is 67.7 Å². The van der Waals surface area contributed by atoms with Gasteiger partial charge in [0.25, 0.3) is 0 Å². The molecule has 0 aliphatic carbocycles. The maximum atomic E-state index is 13.9. The van der Waals surface area contributed by atoms with Crippen LogP contribution in [-0.4, -0.2) is 70.3 Å². The van der Waals surface area contributed by atoms with E-state index in [1.807, 2.05) is 20.8 Å². The molecule has 1 spiro atoms. The van der Waals surface area contributed by atoms with E-state index < -0.39 is 41.2 Å². The SMILES string of the molecule is CCOc1ccc(NC(=O)[C@@H]2[C@H]3C(=O)N([C@H](C)CO)C(C(=O)NC(C)(C)CC(C)(C)C)C34CC[C@H]2O4)cc1. The van der Waals surface area contributed by atoms with Crippen molar-refractivity contribution < 1.29 is 29.0 Å². The maximum Gasteiger partial charge on any atom is 0.246 e. The number of anilines is 1. The second-order valence-corrected chi connectivity index (χ2v) is 12.9. The van der Waals surface area contributed by atoms with Crippen LogP contribution >= 0.6 is 0 Å². The highest BCUT2D eigenvalue weighted by Gasteiger charge is 2.75. The quantitative estimate of drug-likeness (QED) is 0.453. The molecule has 3 fully saturated rings. The summed E-state index contributed by atoms with van der Waals surface area (Å²) in [6.07, 6.45) is 1.38. The highest BCUT2D eigenvalue weighted by Crippen LogP contribution is 2.59. The molecule has 3 heterocycles. The average molecular weight is 530 g/mol. The molecule has 9 nitrogen and oxygen atoms in total. The molecule has 0 radical (unpaired) electrons. The second kappa shape index (κ2) is 10.2. The van der Waals surface area contributed by atoms with Crippen LogP contribution in [0.5, 0.6) is 5.75 Å². The first-order valence-corrected chi connectivity index (χ1v) is 13.7. The van der Waals surface area contributed by atoms with Crippen LogP contribution in [0.3, 0.4) is 0 Å². The van der Waals surface area contributed by atoms with Gasteiger partial charge in [-0.1, -0.05) is 20.8 Å². The van der Waals surface area contributed by atoms with Gasteiger partial charge in [-0.2, -0.15) is 0 Å². The minimum atomic E-state index is -1.10. The van der Waals surface area contributed by atoms with E-state index in [1.54, 1.807) is 31.2 Å². The molecule has 0 aromatic heterocycles. The van der Waals surface area contributed by atoms with Crippen molar-refractivity contribution in [2.24, 2.45) is 17.3 Å². The molecule has 210 valence electrons. The van der Waals surface area contributed by atoms with E-state index in [9.17, 15) is 19.5 Å². The highest BCUT2D eigenvalue weighted by molar-refractivity contribution is 6.02. The lowest BCUT2D eigenvalue weighted by Crippen LogP contribution is -2.60. The van der Waals surface area contributed by atoms with Crippen LogP contribution in [0, 0.1) is 17.3 Å². The third-order valence-electron chi connectivity index (χ3n) is 7.89. The van der Waals surface area contributed by atoms with Gasteiger partial charge in [0.05, 0.1) is 37.2 Å². The number of carbonyl (C=O) groups is 3. The van der Waals surface area contributed by atoms with Crippen molar-refractivity contribution in [1.82, 2.24) is 10.2 Å². The zero-order chi connectivity index (χ0) is 28.0. The fraction of sp³-hybridized carbons (Fsp3) is 0.690. The number of aliphatic hydroxyl groups excluding tert-OH is 1. The maximum absolute atomic E-state index is 13.9. The molecule has 3 N–H and O–H groups in total. The smallest absolute Gasteiger partial charge is 0.246 e. The third kappa shape index (κ3) is 5.15. The second-order valence-electron chi connectivity index (χ2n) is 12.9. The van der Waals surface area contributed by atoms with Crippen LogP contribution in [0.4, 0.5) is 5.69 Å².